The van der Waals surface area contributed by atoms with Crippen LogP contribution in [0.1, 0.15) is 35.5 Å². The van der Waals surface area contributed by atoms with E-state index in [1.807, 2.05) is 121 Å². The number of carbonyl (C=O) groups is 1. The highest BCUT2D eigenvalue weighted by Crippen LogP contribution is 2.38. The number of nitrogens with zero attached hydrogens (tertiary/aromatic N) is 3. The minimum Gasteiger partial charge on any atom is -0.459 e. The lowest BCUT2D eigenvalue weighted by Gasteiger charge is -2.48. The third-order valence-electron chi connectivity index (χ3n) is 9.97. The molecule has 3 aliphatic rings. The van der Waals surface area contributed by atoms with E-state index in [0.717, 1.165) is 22.3 Å². The van der Waals surface area contributed by atoms with Gasteiger partial charge in [-0.1, -0.05) is 126 Å². The average molecular weight is 782 g/mol. The molecule has 300 valence electrons. The Labute approximate surface area is 331 Å². The molecule has 14 nitrogen and oxygen atoms in total. The highest BCUT2D eigenvalue weighted by Gasteiger charge is 2.54. The fraction of sp³-hybridized carbons (Fsp3) is 0.419. The lowest BCUT2D eigenvalue weighted by atomic mass is 9.95. The van der Waals surface area contributed by atoms with Gasteiger partial charge >= 0.3 is 5.97 Å². The first-order valence-corrected chi connectivity index (χ1v) is 19.0. The molecule has 0 radical (unpaired) electrons. The molecular weight excluding hydrogens is 734 g/mol. The van der Waals surface area contributed by atoms with Crippen LogP contribution in [0.3, 0.4) is 0 Å². The quantitative estimate of drug-likeness (QED) is 0.0523. The Morgan fingerprint density at radius 1 is 0.684 bits per heavy atom. The van der Waals surface area contributed by atoms with Crippen molar-refractivity contribution in [2.75, 3.05) is 20.3 Å². The van der Waals surface area contributed by atoms with Gasteiger partial charge in [0.25, 0.3) is 0 Å². The SMILES string of the molecule is CO[C@H]1O[C@H](CO[C@H]2O[C@@H]3CO[C@H](c4ccccc4)O[C@@H]3[C@H](OC(C)=O)[C@H]2N=[N+]=[N-])[C@@H](OCc2ccccc2)[C@H](OCc2ccccc2)[C@H]1OCc1ccccc1. The molecule has 3 heterocycles. The smallest absolute Gasteiger partial charge is 0.303 e. The number of methoxy groups -OCH3 is 1. The summed E-state index contributed by atoms with van der Waals surface area (Å²) in [5.74, 6) is -0.586. The number of esters is 1. The van der Waals surface area contributed by atoms with Crippen LogP contribution in [0.25, 0.3) is 10.4 Å². The Bertz CT molecular complexity index is 1870. The largest absolute Gasteiger partial charge is 0.459 e. The molecule has 3 saturated heterocycles. The first-order chi connectivity index (χ1) is 28.0. The molecule has 14 heteroatoms. The monoisotopic (exact) mass is 781 g/mol. The molecular formula is C43H47N3O11. The van der Waals surface area contributed by atoms with Crippen molar-refractivity contribution < 1.29 is 52.2 Å². The molecule has 11 atom stereocenters. The molecule has 0 spiro atoms. The van der Waals surface area contributed by atoms with Gasteiger partial charge in [-0.3, -0.25) is 4.79 Å². The van der Waals surface area contributed by atoms with Crippen LogP contribution >= 0.6 is 0 Å². The van der Waals surface area contributed by atoms with E-state index in [0.29, 0.717) is 0 Å². The van der Waals surface area contributed by atoms with E-state index in [1.165, 1.54) is 6.92 Å². The summed E-state index contributed by atoms with van der Waals surface area (Å²) in [5, 5.41) is 4.01. The number of rotatable bonds is 16. The summed E-state index contributed by atoms with van der Waals surface area (Å²) in [5.41, 5.74) is 13.4. The summed E-state index contributed by atoms with van der Waals surface area (Å²) in [4.78, 5) is 15.5. The van der Waals surface area contributed by atoms with Gasteiger partial charge in [-0.2, -0.15) is 0 Å². The second kappa shape index (κ2) is 20.1. The average Bonchev–Trinajstić information content (AvgIpc) is 3.25. The third-order valence-corrected chi connectivity index (χ3v) is 9.97. The second-order valence-electron chi connectivity index (χ2n) is 13.9. The molecule has 4 aromatic carbocycles. The molecule has 0 bridgehead atoms. The van der Waals surface area contributed by atoms with Gasteiger partial charge in [0.05, 0.1) is 33.0 Å². The standard InChI is InChI=1S/C43H47N3O11/c1-28(47)54-38-35(45-46-44)42(55-34-27-52-41(57-37(34)38)32-21-13-6-14-22-32)53-26-33-36(49-23-29-15-7-3-8-16-29)39(50-24-30-17-9-4-10-18-30)40(43(48-2)56-33)51-25-31-19-11-5-12-20-31/h3-22,33-43H,23-27H2,1-2H3/t33-,34-,35-,36-,37+,38-,39+,40-,41+,42+,43+/m1/s1. The van der Waals surface area contributed by atoms with E-state index >= 15 is 0 Å². The Morgan fingerprint density at radius 2 is 1.23 bits per heavy atom. The zero-order chi connectivity index (χ0) is 39.4. The minimum atomic E-state index is -1.19. The highest BCUT2D eigenvalue weighted by atomic mass is 16.8. The molecule has 57 heavy (non-hydrogen) atoms. The molecule has 0 aliphatic carbocycles. The van der Waals surface area contributed by atoms with Gasteiger partial charge in [-0.25, -0.2) is 0 Å². The molecule has 4 aromatic rings. The maximum absolute atomic E-state index is 12.5. The maximum Gasteiger partial charge on any atom is 0.303 e. The molecule has 3 aliphatic heterocycles. The molecule has 0 amide bonds. The summed E-state index contributed by atoms with van der Waals surface area (Å²) >= 11 is 0. The molecule has 0 N–H and O–H groups in total. The highest BCUT2D eigenvalue weighted by molar-refractivity contribution is 5.66. The number of fused-ring (bicyclic) bond motifs is 1. The Morgan fingerprint density at radius 3 is 1.77 bits per heavy atom. The fourth-order valence-corrected chi connectivity index (χ4v) is 7.24. The van der Waals surface area contributed by atoms with E-state index in [2.05, 4.69) is 10.0 Å². The number of hydrogen-bond acceptors (Lipinski definition) is 12. The van der Waals surface area contributed by atoms with E-state index in [9.17, 15) is 10.3 Å². The zero-order valence-electron chi connectivity index (χ0n) is 31.8. The predicted octanol–water partition coefficient (Wildman–Crippen LogP) is 6.58. The van der Waals surface area contributed by atoms with Crippen molar-refractivity contribution in [2.45, 2.75) is 94.4 Å². The topological polar surface area (TPSA) is 158 Å². The van der Waals surface area contributed by atoms with Crippen molar-refractivity contribution in [3.8, 4) is 0 Å². The van der Waals surface area contributed by atoms with Crippen LogP contribution in [-0.4, -0.2) is 87.6 Å². The van der Waals surface area contributed by atoms with Gasteiger partial charge < -0.3 is 47.4 Å². The van der Waals surface area contributed by atoms with E-state index in [-0.39, 0.29) is 33.0 Å². The molecule has 0 aromatic heterocycles. The van der Waals surface area contributed by atoms with Crippen molar-refractivity contribution in [1.82, 2.24) is 0 Å². The van der Waals surface area contributed by atoms with Gasteiger partial charge in [0.2, 0.25) is 0 Å². The Hall–Kier alpha value is -4.70. The lowest BCUT2D eigenvalue weighted by Crippen LogP contribution is -2.64. The van der Waals surface area contributed by atoms with E-state index < -0.39 is 73.6 Å². The van der Waals surface area contributed by atoms with Crippen molar-refractivity contribution in [1.29, 1.82) is 0 Å². The fourth-order valence-electron chi connectivity index (χ4n) is 7.24. The van der Waals surface area contributed by atoms with Crippen LogP contribution in [-0.2, 0) is 72.0 Å². The number of hydrogen-bond donors (Lipinski definition) is 0. The third kappa shape index (κ3) is 10.4. The van der Waals surface area contributed by atoms with Crippen LogP contribution in [0.2, 0.25) is 0 Å². The predicted molar refractivity (Wildman–Crippen MR) is 204 cm³/mol. The zero-order valence-corrected chi connectivity index (χ0v) is 31.8. The van der Waals surface area contributed by atoms with Crippen LogP contribution in [0.15, 0.2) is 126 Å². The minimum absolute atomic E-state index is 0.0924. The van der Waals surface area contributed by atoms with Crippen molar-refractivity contribution in [3.05, 3.63) is 154 Å². The van der Waals surface area contributed by atoms with Crippen LogP contribution in [0.5, 0.6) is 0 Å². The normalized spacial score (nSPS) is 29.8. The van der Waals surface area contributed by atoms with Crippen molar-refractivity contribution in [3.63, 3.8) is 0 Å². The van der Waals surface area contributed by atoms with Crippen LogP contribution < -0.4 is 0 Å². The summed E-state index contributed by atoms with van der Waals surface area (Å²) in [6, 6.07) is 37.6. The number of benzene rings is 4. The lowest BCUT2D eigenvalue weighted by molar-refractivity contribution is -0.355. The molecule has 0 saturated carbocycles. The maximum atomic E-state index is 12.5. The van der Waals surface area contributed by atoms with Crippen LogP contribution in [0, 0.1) is 0 Å². The second-order valence-corrected chi connectivity index (χ2v) is 13.9. The van der Waals surface area contributed by atoms with Gasteiger partial charge in [0, 0.05) is 24.5 Å². The van der Waals surface area contributed by atoms with Crippen molar-refractivity contribution >= 4 is 5.97 Å². The molecule has 3 fully saturated rings. The number of ether oxygens (including phenoxy) is 10. The van der Waals surface area contributed by atoms with Gasteiger partial charge in [0.15, 0.2) is 18.9 Å². The van der Waals surface area contributed by atoms with Crippen LogP contribution in [0.4, 0.5) is 0 Å². The Balaban J connectivity index is 1.15. The molecule has 7 rings (SSSR count). The summed E-state index contributed by atoms with van der Waals surface area (Å²) in [6.07, 6.45) is -8.45. The number of carbonyl (C=O) groups excluding carboxylic acids is 1. The van der Waals surface area contributed by atoms with E-state index in [4.69, 9.17) is 47.4 Å². The van der Waals surface area contributed by atoms with Gasteiger partial charge in [0.1, 0.15) is 48.8 Å². The first-order valence-electron chi connectivity index (χ1n) is 19.0. The van der Waals surface area contributed by atoms with E-state index in [1.54, 1.807) is 7.11 Å². The summed E-state index contributed by atoms with van der Waals surface area (Å²) < 4.78 is 63.5. The summed E-state index contributed by atoms with van der Waals surface area (Å²) in [7, 11) is 1.54. The summed E-state index contributed by atoms with van der Waals surface area (Å²) in [6.45, 7) is 2.00. The van der Waals surface area contributed by atoms with Gasteiger partial charge in [-0.15, -0.1) is 0 Å². The number of azide groups is 1. The molecule has 0 unspecified atom stereocenters. The first kappa shape index (κ1) is 40.5. The van der Waals surface area contributed by atoms with Gasteiger partial charge in [-0.05, 0) is 22.2 Å². The van der Waals surface area contributed by atoms with Crippen molar-refractivity contribution in [2.24, 2.45) is 5.11 Å². The Kier molecular flexibility index (Phi) is 14.3.